The first-order chi connectivity index (χ1) is 16.9. The Balaban J connectivity index is 1.94. The van der Waals surface area contributed by atoms with Gasteiger partial charge in [-0.3, -0.25) is 19.7 Å². The fourth-order valence-electron chi connectivity index (χ4n) is 4.16. The van der Waals surface area contributed by atoms with E-state index in [1.165, 1.54) is 41.3 Å². The van der Waals surface area contributed by atoms with E-state index in [0.717, 1.165) is 5.39 Å². The number of hydrogen-bond acceptors (Lipinski definition) is 6. The lowest BCUT2D eigenvalue weighted by Gasteiger charge is -2.33. The minimum atomic E-state index is -4.27. The Bertz CT molecular complexity index is 1380. The first-order valence-electron chi connectivity index (χ1n) is 11.5. The molecule has 190 valence electrons. The average Bonchev–Trinajstić information content (AvgIpc) is 2.81. The van der Waals surface area contributed by atoms with E-state index in [-0.39, 0.29) is 29.1 Å². The molecule has 0 aromatic heterocycles. The molecule has 0 saturated heterocycles. The summed E-state index contributed by atoms with van der Waals surface area (Å²) in [5.41, 5.74) is 0.362. The lowest BCUT2D eigenvalue weighted by molar-refractivity contribution is -0.384. The van der Waals surface area contributed by atoms with Gasteiger partial charge >= 0.3 is 0 Å². The van der Waals surface area contributed by atoms with Crippen molar-refractivity contribution < 1.29 is 22.9 Å². The molecular formula is C26H29N3O6S. The van der Waals surface area contributed by atoms with E-state index in [1.807, 2.05) is 39.8 Å². The number of amides is 2. The van der Waals surface area contributed by atoms with E-state index in [9.17, 15) is 28.1 Å². The third-order valence-corrected chi connectivity index (χ3v) is 7.18. The van der Waals surface area contributed by atoms with E-state index >= 15 is 0 Å². The minimum absolute atomic E-state index is 0.0966. The molecule has 1 atom stereocenters. The SMILES string of the molecule is CC(C)N(C(=O)C(Cc1ccc([N+](=O)[O-])cc1)C(=O)NS(=O)(=O)c1ccc2ccccc2c1)C(C)C. The Morgan fingerprint density at radius 2 is 1.50 bits per heavy atom. The maximum absolute atomic E-state index is 13.5. The summed E-state index contributed by atoms with van der Waals surface area (Å²) in [5, 5.41) is 12.5. The molecule has 1 unspecified atom stereocenters. The quantitative estimate of drug-likeness (QED) is 0.262. The van der Waals surface area contributed by atoms with Crippen molar-refractivity contribution in [1.82, 2.24) is 9.62 Å². The molecule has 3 rings (SSSR count). The molecule has 1 N–H and O–H groups in total. The van der Waals surface area contributed by atoms with Crippen LogP contribution in [0.1, 0.15) is 33.3 Å². The van der Waals surface area contributed by atoms with Gasteiger partial charge in [-0.1, -0.05) is 42.5 Å². The molecule has 0 spiro atoms. The Kier molecular flexibility index (Phi) is 8.09. The van der Waals surface area contributed by atoms with Crippen LogP contribution in [0.4, 0.5) is 5.69 Å². The molecule has 0 aliphatic heterocycles. The third-order valence-electron chi connectivity index (χ3n) is 5.83. The van der Waals surface area contributed by atoms with Crippen LogP contribution in [-0.4, -0.2) is 42.1 Å². The Morgan fingerprint density at radius 3 is 2.06 bits per heavy atom. The van der Waals surface area contributed by atoms with Crippen LogP contribution < -0.4 is 4.72 Å². The molecule has 9 nitrogen and oxygen atoms in total. The van der Waals surface area contributed by atoms with Crippen molar-refractivity contribution in [3.63, 3.8) is 0 Å². The Morgan fingerprint density at radius 1 is 0.917 bits per heavy atom. The van der Waals surface area contributed by atoms with Gasteiger partial charge in [0.15, 0.2) is 0 Å². The number of carbonyl (C=O) groups excluding carboxylic acids is 2. The van der Waals surface area contributed by atoms with Gasteiger partial charge in [0.1, 0.15) is 5.92 Å². The van der Waals surface area contributed by atoms with Crippen LogP contribution in [0.5, 0.6) is 0 Å². The second kappa shape index (κ2) is 10.9. The number of nitro benzene ring substituents is 1. The number of nitrogens with zero attached hydrogens (tertiary/aromatic N) is 2. The van der Waals surface area contributed by atoms with Crippen molar-refractivity contribution in [3.05, 3.63) is 82.4 Å². The highest BCUT2D eigenvalue weighted by Gasteiger charge is 2.35. The van der Waals surface area contributed by atoms with Gasteiger partial charge in [-0.2, -0.15) is 0 Å². The topological polar surface area (TPSA) is 127 Å². The van der Waals surface area contributed by atoms with Crippen molar-refractivity contribution >= 4 is 38.3 Å². The van der Waals surface area contributed by atoms with Gasteiger partial charge < -0.3 is 4.90 Å². The number of non-ortho nitro benzene ring substituents is 1. The minimum Gasteiger partial charge on any atom is -0.337 e. The lowest BCUT2D eigenvalue weighted by Crippen LogP contribution is -2.50. The molecule has 36 heavy (non-hydrogen) atoms. The molecule has 0 aliphatic carbocycles. The summed E-state index contributed by atoms with van der Waals surface area (Å²) in [7, 11) is -4.27. The monoisotopic (exact) mass is 511 g/mol. The maximum atomic E-state index is 13.5. The van der Waals surface area contributed by atoms with E-state index in [4.69, 9.17) is 0 Å². The summed E-state index contributed by atoms with van der Waals surface area (Å²) >= 11 is 0. The molecule has 0 saturated carbocycles. The fraction of sp³-hybridized carbons (Fsp3) is 0.308. The van der Waals surface area contributed by atoms with Crippen LogP contribution >= 0.6 is 0 Å². The zero-order valence-corrected chi connectivity index (χ0v) is 21.4. The van der Waals surface area contributed by atoms with E-state index in [1.54, 1.807) is 18.2 Å². The summed E-state index contributed by atoms with van der Waals surface area (Å²) in [4.78, 5) is 38.7. The maximum Gasteiger partial charge on any atom is 0.269 e. The molecule has 2 amide bonds. The largest absolute Gasteiger partial charge is 0.337 e. The molecule has 0 aliphatic rings. The average molecular weight is 512 g/mol. The molecular weight excluding hydrogens is 482 g/mol. The summed E-state index contributed by atoms with van der Waals surface area (Å²) in [6, 6.07) is 16.7. The number of fused-ring (bicyclic) bond motifs is 1. The summed E-state index contributed by atoms with van der Waals surface area (Å²) in [6.07, 6.45) is -0.119. The summed E-state index contributed by atoms with van der Waals surface area (Å²) < 4.78 is 28.3. The first-order valence-corrected chi connectivity index (χ1v) is 13.0. The number of benzene rings is 3. The summed E-state index contributed by atoms with van der Waals surface area (Å²) in [6.45, 7) is 7.24. The number of nitrogens with one attached hydrogen (secondary N) is 1. The van der Waals surface area contributed by atoms with Crippen LogP contribution in [0.15, 0.2) is 71.6 Å². The second-order valence-electron chi connectivity index (χ2n) is 9.09. The van der Waals surface area contributed by atoms with Gasteiger partial charge in [0, 0.05) is 24.2 Å². The zero-order chi connectivity index (χ0) is 26.6. The predicted molar refractivity (Wildman–Crippen MR) is 137 cm³/mol. The van der Waals surface area contributed by atoms with Crippen LogP contribution in [0.2, 0.25) is 0 Å². The second-order valence-corrected chi connectivity index (χ2v) is 10.8. The highest BCUT2D eigenvalue weighted by Crippen LogP contribution is 2.22. The van der Waals surface area contributed by atoms with Crippen molar-refractivity contribution in [2.45, 2.75) is 51.1 Å². The number of sulfonamides is 1. The van der Waals surface area contributed by atoms with Gasteiger partial charge in [0.2, 0.25) is 11.8 Å². The van der Waals surface area contributed by atoms with Crippen LogP contribution in [-0.2, 0) is 26.0 Å². The van der Waals surface area contributed by atoms with Crippen LogP contribution in [0.25, 0.3) is 10.8 Å². The predicted octanol–water partition coefficient (Wildman–Crippen LogP) is 4.06. The van der Waals surface area contributed by atoms with Gasteiger partial charge in [-0.05, 0) is 62.6 Å². The molecule has 3 aromatic carbocycles. The highest BCUT2D eigenvalue weighted by molar-refractivity contribution is 7.90. The van der Waals surface area contributed by atoms with Gasteiger partial charge in [0.05, 0.1) is 9.82 Å². The molecule has 10 heteroatoms. The van der Waals surface area contributed by atoms with Gasteiger partial charge in [0.25, 0.3) is 15.7 Å². The number of rotatable bonds is 9. The molecule has 0 radical (unpaired) electrons. The third kappa shape index (κ3) is 6.06. The van der Waals surface area contributed by atoms with E-state index < -0.39 is 32.7 Å². The number of hydrogen-bond donors (Lipinski definition) is 1. The first kappa shape index (κ1) is 26.8. The Hall–Kier alpha value is -3.79. The van der Waals surface area contributed by atoms with Crippen molar-refractivity contribution in [2.24, 2.45) is 5.92 Å². The number of nitro groups is 1. The van der Waals surface area contributed by atoms with Gasteiger partial charge in [-0.15, -0.1) is 0 Å². The Labute approximate surface area is 210 Å². The van der Waals surface area contributed by atoms with E-state index in [2.05, 4.69) is 4.72 Å². The summed E-state index contributed by atoms with van der Waals surface area (Å²) in [5.74, 6) is -2.84. The van der Waals surface area contributed by atoms with Crippen molar-refractivity contribution in [3.8, 4) is 0 Å². The number of carbonyl (C=O) groups is 2. The molecule has 0 fully saturated rings. The lowest BCUT2D eigenvalue weighted by atomic mass is 9.96. The van der Waals surface area contributed by atoms with E-state index in [0.29, 0.717) is 10.9 Å². The van der Waals surface area contributed by atoms with Crippen LogP contribution in [0, 0.1) is 16.0 Å². The molecule has 3 aromatic rings. The molecule has 0 bridgehead atoms. The fourth-order valence-corrected chi connectivity index (χ4v) is 5.22. The standard InChI is InChI=1S/C26H29N3O6S/c1-17(2)28(18(3)4)26(31)24(15-19-9-12-22(13-10-19)29(32)33)25(30)27-36(34,35)23-14-11-20-7-5-6-8-21(20)16-23/h5-14,16-18,24H,15H2,1-4H3,(H,27,30). The zero-order valence-electron chi connectivity index (χ0n) is 20.5. The smallest absolute Gasteiger partial charge is 0.269 e. The highest BCUT2D eigenvalue weighted by atomic mass is 32.2. The normalized spacial score (nSPS) is 12.5. The molecule has 0 heterocycles. The van der Waals surface area contributed by atoms with Gasteiger partial charge in [-0.25, -0.2) is 13.1 Å². The van der Waals surface area contributed by atoms with Crippen LogP contribution in [0.3, 0.4) is 0 Å². The van der Waals surface area contributed by atoms with Crippen molar-refractivity contribution in [2.75, 3.05) is 0 Å². The van der Waals surface area contributed by atoms with Crippen molar-refractivity contribution in [1.29, 1.82) is 0 Å².